The second-order valence-corrected chi connectivity index (χ2v) is 6.25. The summed E-state index contributed by atoms with van der Waals surface area (Å²) in [5.74, 6) is 2.51. The molecule has 1 aliphatic heterocycles. The highest BCUT2D eigenvalue weighted by atomic mass is 32.2. The first-order chi connectivity index (χ1) is 10.3. The zero-order valence-corrected chi connectivity index (χ0v) is 13.1. The molecule has 0 aliphatic carbocycles. The van der Waals surface area contributed by atoms with Gasteiger partial charge in [0.1, 0.15) is 0 Å². The van der Waals surface area contributed by atoms with Gasteiger partial charge in [-0.2, -0.15) is 11.8 Å². The van der Waals surface area contributed by atoms with E-state index in [0.717, 1.165) is 18.7 Å². The zero-order chi connectivity index (χ0) is 14.9. The maximum Gasteiger partial charge on any atom is 0.319 e. The van der Waals surface area contributed by atoms with Crippen molar-refractivity contribution >= 4 is 23.5 Å². The van der Waals surface area contributed by atoms with Gasteiger partial charge >= 0.3 is 6.03 Å². The second-order valence-electron chi connectivity index (χ2n) is 5.02. The molecular weight excluding hydrogens is 282 g/mol. The van der Waals surface area contributed by atoms with E-state index in [2.05, 4.69) is 34.2 Å². The topological polar surface area (TPSA) is 44.4 Å². The number of nitrogens with zero attached hydrogens (tertiary/aromatic N) is 1. The van der Waals surface area contributed by atoms with Crippen LogP contribution in [0.15, 0.2) is 36.9 Å². The van der Waals surface area contributed by atoms with E-state index in [0.29, 0.717) is 6.54 Å². The molecule has 0 spiro atoms. The molecule has 1 saturated heterocycles. The summed E-state index contributed by atoms with van der Waals surface area (Å²) in [6, 6.07) is 7.88. The van der Waals surface area contributed by atoms with E-state index in [4.69, 9.17) is 0 Å². The lowest BCUT2D eigenvalue weighted by atomic mass is 10.1. The molecule has 0 bridgehead atoms. The Morgan fingerprint density at radius 2 is 2.00 bits per heavy atom. The van der Waals surface area contributed by atoms with E-state index in [9.17, 15) is 4.79 Å². The number of urea groups is 1. The Balaban J connectivity index is 1.75. The molecule has 0 radical (unpaired) electrons. The number of anilines is 1. The molecule has 2 amide bonds. The van der Waals surface area contributed by atoms with Gasteiger partial charge in [-0.1, -0.05) is 18.2 Å². The summed E-state index contributed by atoms with van der Waals surface area (Å²) in [5.41, 5.74) is 2.12. The van der Waals surface area contributed by atoms with Crippen molar-refractivity contribution in [1.82, 2.24) is 10.2 Å². The van der Waals surface area contributed by atoms with Gasteiger partial charge in [-0.25, -0.2) is 4.79 Å². The molecule has 4 nitrogen and oxygen atoms in total. The van der Waals surface area contributed by atoms with Crippen LogP contribution in [0.1, 0.15) is 5.56 Å². The van der Waals surface area contributed by atoms with Gasteiger partial charge in [0.25, 0.3) is 0 Å². The Labute approximate surface area is 131 Å². The van der Waals surface area contributed by atoms with Crippen LogP contribution < -0.4 is 10.6 Å². The van der Waals surface area contributed by atoms with Crippen molar-refractivity contribution in [1.29, 1.82) is 0 Å². The SMILES string of the molecule is C=CCNC(=O)Nc1ccc(CCN2CCSCC2)cc1. The first-order valence-electron chi connectivity index (χ1n) is 7.33. The minimum absolute atomic E-state index is 0.200. The predicted octanol–water partition coefficient (Wildman–Crippen LogP) is 2.59. The van der Waals surface area contributed by atoms with Crippen molar-refractivity contribution in [3.05, 3.63) is 42.5 Å². The van der Waals surface area contributed by atoms with Gasteiger partial charge in [-0.15, -0.1) is 6.58 Å². The van der Waals surface area contributed by atoms with Gasteiger partial charge in [0, 0.05) is 43.4 Å². The van der Waals surface area contributed by atoms with Crippen LogP contribution in [0.5, 0.6) is 0 Å². The Morgan fingerprint density at radius 3 is 2.67 bits per heavy atom. The first kappa shape index (κ1) is 15.9. The minimum Gasteiger partial charge on any atom is -0.334 e. The predicted molar refractivity (Wildman–Crippen MR) is 91.1 cm³/mol. The number of hydrogen-bond acceptors (Lipinski definition) is 3. The third-order valence-corrected chi connectivity index (χ3v) is 4.38. The molecule has 1 fully saturated rings. The summed E-state index contributed by atoms with van der Waals surface area (Å²) in [6.07, 6.45) is 2.72. The molecule has 0 atom stereocenters. The summed E-state index contributed by atoms with van der Waals surface area (Å²) in [5, 5.41) is 5.49. The summed E-state index contributed by atoms with van der Waals surface area (Å²) in [7, 11) is 0. The van der Waals surface area contributed by atoms with Gasteiger partial charge in [-0.3, -0.25) is 0 Å². The van der Waals surface area contributed by atoms with Crippen molar-refractivity contribution in [2.45, 2.75) is 6.42 Å². The Bertz CT molecular complexity index is 455. The smallest absolute Gasteiger partial charge is 0.319 e. The summed E-state index contributed by atoms with van der Waals surface area (Å²) >= 11 is 2.04. The van der Waals surface area contributed by atoms with Crippen LogP contribution in [0.3, 0.4) is 0 Å². The van der Waals surface area contributed by atoms with Crippen LogP contribution in [0.25, 0.3) is 0 Å². The lowest BCUT2D eigenvalue weighted by Gasteiger charge is -2.26. The standard InChI is InChI=1S/C16H23N3OS/c1-2-8-17-16(20)18-15-5-3-14(4-6-15)7-9-19-10-12-21-13-11-19/h2-6H,1,7-13H2,(H2,17,18,20). The number of benzene rings is 1. The fourth-order valence-corrected chi connectivity index (χ4v) is 3.19. The van der Waals surface area contributed by atoms with Crippen LogP contribution >= 0.6 is 11.8 Å². The molecule has 0 saturated carbocycles. The maximum absolute atomic E-state index is 11.5. The Morgan fingerprint density at radius 1 is 1.29 bits per heavy atom. The van der Waals surface area contributed by atoms with Gasteiger partial charge in [0.05, 0.1) is 0 Å². The van der Waals surface area contributed by atoms with Gasteiger partial charge in [0.2, 0.25) is 0 Å². The molecule has 2 rings (SSSR count). The highest BCUT2D eigenvalue weighted by Gasteiger charge is 2.09. The average Bonchev–Trinajstić information content (AvgIpc) is 2.53. The Hall–Kier alpha value is -1.46. The van der Waals surface area contributed by atoms with Crippen LogP contribution in [-0.2, 0) is 6.42 Å². The number of thioether (sulfide) groups is 1. The number of nitrogens with one attached hydrogen (secondary N) is 2. The van der Waals surface area contributed by atoms with E-state index in [1.54, 1.807) is 6.08 Å². The number of amides is 2. The van der Waals surface area contributed by atoms with Crippen molar-refractivity contribution < 1.29 is 4.79 Å². The van der Waals surface area contributed by atoms with E-state index in [-0.39, 0.29) is 6.03 Å². The quantitative estimate of drug-likeness (QED) is 0.794. The number of carbonyl (C=O) groups excluding carboxylic acids is 1. The highest BCUT2D eigenvalue weighted by Crippen LogP contribution is 2.12. The third kappa shape index (κ3) is 5.81. The summed E-state index contributed by atoms with van der Waals surface area (Å²) in [6.45, 7) is 7.56. The maximum atomic E-state index is 11.5. The second kappa shape index (κ2) is 8.74. The normalized spacial score (nSPS) is 15.4. The van der Waals surface area contributed by atoms with Crippen LogP contribution in [0.4, 0.5) is 10.5 Å². The van der Waals surface area contributed by atoms with Crippen LogP contribution in [-0.4, -0.2) is 48.6 Å². The number of rotatable bonds is 6. The molecule has 5 heteroatoms. The molecule has 114 valence electrons. The van der Waals surface area contributed by atoms with Crippen molar-refractivity contribution in [2.75, 3.05) is 43.0 Å². The Kier molecular flexibility index (Phi) is 6.63. The number of carbonyl (C=O) groups is 1. The highest BCUT2D eigenvalue weighted by molar-refractivity contribution is 7.99. The largest absolute Gasteiger partial charge is 0.334 e. The van der Waals surface area contributed by atoms with E-state index in [1.165, 1.54) is 30.2 Å². The molecular formula is C16H23N3OS. The van der Waals surface area contributed by atoms with E-state index in [1.807, 2.05) is 23.9 Å². The monoisotopic (exact) mass is 305 g/mol. The fourth-order valence-electron chi connectivity index (χ4n) is 2.21. The van der Waals surface area contributed by atoms with Crippen molar-refractivity contribution in [3.63, 3.8) is 0 Å². The molecule has 1 heterocycles. The van der Waals surface area contributed by atoms with Gasteiger partial charge in [0.15, 0.2) is 0 Å². The molecule has 1 aromatic carbocycles. The van der Waals surface area contributed by atoms with Gasteiger partial charge in [-0.05, 0) is 24.1 Å². The molecule has 1 aliphatic rings. The van der Waals surface area contributed by atoms with E-state index >= 15 is 0 Å². The average molecular weight is 305 g/mol. The summed E-state index contributed by atoms with van der Waals surface area (Å²) < 4.78 is 0. The van der Waals surface area contributed by atoms with Crippen molar-refractivity contribution in [2.24, 2.45) is 0 Å². The van der Waals surface area contributed by atoms with E-state index < -0.39 is 0 Å². The zero-order valence-electron chi connectivity index (χ0n) is 12.3. The fraction of sp³-hybridized carbons (Fsp3) is 0.438. The molecule has 1 aromatic rings. The molecule has 21 heavy (non-hydrogen) atoms. The van der Waals surface area contributed by atoms with Crippen molar-refractivity contribution in [3.8, 4) is 0 Å². The molecule has 0 unspecified atom stereocenters. The molecule has 2 N–H and O–H groups in total. The third-order valence-electron chi connectivity index (χ3n) is 3.44. The van der Waals surface area contributed by atoms with Crippen LogP contribution in [0, 0.1) is 0 Å². The first-order valence-corrected chi connectivity index (χ1v) is 8.48. The lowest BCUT2D eigenvalue weighted by molar-refractivity contribution is 0.253. The van der Waals surface area contributed by atoms with Crippen LogP contribution in [0.2, 0.25) is 0 Å². The lowest BCUT2D eigenvalue weighted by Crippen LogP contribution is -2.34. The number of hydrogen-bond donors (Lipinski definition) is 2. The van der Waals surface area contributed by atoms with Gasteiger partial charge < -0.3 is 15.5 Å². The summed E-state index contributed by atoms with van der Waals surface area (Å²) in [4.78, 5) is 14.0. The minimum atomic E-state index is -0.200. The molecule has 0 aromatic heterocycles.